The highest BCUT2D eigenvalue weighted by Gasteiger charge is 2.34. The number of carbonyl (C=O) groups excluding carboxylic acids is 2. The summed E-state index contributed by atoms with van der Waals surface area (Å²) < 4.78 is 43.5. The van der Waals surface area contributed by atoms with Crippen molar-refractivity contribution in [2.45, 2.75) is 64.6 Å². The quantitative estimate of drug-likeness (QED) is 0.424. The third-order valence-corrected chi connectivity index (χ3v) is 8.96. The second-order valence-electron chi connectivity index (χ2n) is 9.73. The molecular weight excluding hydrogens is 522 g/mol. The Labute approximate surface area is 230 Å². The van der Waals surface area contributed by atoms with Crippen LogP contribution in [-0.2, 0) is 26.2 Å². The number of fused-ring (bicyclic) bond motifs is 1. The van der Waals surface area contributed by atoms with Crippen molar-refractivity contribution in [3.05, 3.63) is 48.0 Å². The van der Waals surface area contributed by atoms with E-state index in [1.807, 2.05) is 19.1 Å². The van der Waals surface area contributed by atoms with Gasteiger partial charge < -0.3 is 24.4 Å². The van der Waals surface area contributed by atoms with Gasteiger partial charge >= 0.3 is 0 Å². The number of anilines is 1. The van der Waals surface area contributed by atoms with E-state index >= 15 is 0 Å². The smallest absolute Gasteiger partial charge is 0.244 e. The molecule has 39 heavy (non-hydrogen) atoms. The Kier molecular flexibility index (Phi) is 9.21. The van der Waals surface area contributed by atoms with Crippen LogP contribution in [-0.4, -0.2) is 63.4 Å². The first-order valence-electron chi connectivity index (χ1n) is 13.4. The second-order valence-corrected chi connectivity index (χ2v) is 11.9. The van der Waals surface area contributed by atoms with Crippen LogP contribution in [0.5, 0.6) is 17.2 Å². The summed E-state index contributed by atoms with van der Waals surface area (Å²) in [5.74, 6) is 0.689. The summed E-state index contributed by atoms with van der Waals surface area (Å²) in [4.78, 5) is 28.9. The summed E-state index contributed by atoms with van der Waals surface area (Å²) in [5, 5.41) is 3.11. The molecule has 1 atom stereocenters. The molecule has 10 nitrogen and oxygen atoms in total. The molecule has 2 amide bonds. The SMILES string of the molecule is CCC(C(=O)NC1CCCC1)N(Cc1ccc(OC)cc1)C(=O)CN(c1ccc2c(c1)OCO2)S(=O)(=O)CC. The van der Waals surface area contributed by atoms with Gasteiger partial charge in [0.05, 0.1) is 18.6 Å². The lowest BCUT2D eigenvalue weighted by atomic mass is 10.1. The maximum Gasteiger partial charge on any atom is 0.244 e. The topological polar surface area (TPSA) is 114 Å². The first-order chi connectivity index (χ1) is 18.7. The molecule has 212 valence electrons. The molecular formula is C28H37N3O7S. The van der Waals surface area contributed by atoms with Gasteiger partial charge in [0.1, 0.15) is 18.3 Å². The molecule has 4 rings (SSSR count). The highest BCUT2D eigenvalue weighted by molar-refractivity contribution is 7.92. The van der Waals surface area contributed by atoms with E-state index in [4.69, 9.17) is 14.2 Å². The number of hydrogen-bond donors (Lipinski definition) is 1. The van der Waals surface area contributed by atoms with Gasteiger partial charge in [0, 0.05) is 18.7 Å². The minimum atomic E-state index is -3.84. The van der Waals surface area contributed by atoms with Crippen molar-refractivity contribution in [2.75, 3.05) is 30.5 Å². The van der Waals surface area contributed by atoms with Gasteiger partial charge in [-0.15, -0.1) is 0 Å². The standard InChI is InChI=1S/C28H37N3O7S/c1-4-24(28(33)29-21-8-6-7-9-21)30(17-20-10-13-23(36-3)14-11-20)27(32)18-31(39(34,35)5-2)22-12-15-25-26(16-22)38-19-37-25/h10-16,21,24H,4-9,17-19H2,1-3H3,(H,29,33). The van der Waals surface area contributed by atoms with E-state index in [9.17, 15) is 18.0 Å². The maximum atomic E-state index is 14.0. The second kappa shape index (κ2) is 12.6. The predicted octanol–water partition coefficient (Wildman–Crippen LogP) is 3.45. The first-order valence-corrected chi connectivity index (χ1v) is 15.0. The maximum absolute atomic E-state index is 14.0. The molecule has 2 aliphatic rings. The molecule has 1 aliphatic carbocycles. The van der Waals surface area contributed by atoms with Crippen LogP contribution in [0.1, 0.15) is 51.5 Å². The van der Waals surface area contributed by atoms with Crippen molar-refractivity contribution in [2.24, 2.45) is 0 Å². The lowest BCUT2D eigenvalue weighted by Crippen LogP contribution is -2.53. The van der Waals surface area contributed by atoms with Crippen molar-refractivity contribution in [1.82, 2.24) is 10.2 Å². The van der Waals surface area contributed by atoms with Gasteiger partial charge in [0.2, 0.25) is 28.6 Å². The van der Waals surface area contributed by atoms with Crippen LogP contribution >= 0.6 is 0 Å². The Bertz CT molecular complexity index is 1260. The largest absolute Gasteiger partial charge is 0.497 e. The number of hydrogen-bond acceptors (Lipinski definition) is 7. The Balaban J connectivity index is 1.64. The molecule has 1 unspecified atom stereocenters. The fourth-order valence-electron chi connectivity index (χ4n) is 4.97. The van der Waals surface area contributed by atoms with E-state index in [-0.39, 0.29) is 31.0 Å². The number of benzene rings is 2. The van der Waals surface area contributed by atoms with Gasteiger partial charge in [0.25, 0.3) is 0 Å². The summed E-state index contributed by atoms with van der Waals surface area (Å²) in [7, 11) is -2.27. The van der Waals surface area contributed by atoms with Crippen molar-refractivity contribution in [1.29, 1.82) is 0 Å². The molecule has 1 N–H and O–H groups in total. The fourth-order valence-corrected chi connectivity index (χ4v) is 6.03. The lowest BCUT2D eigenvalue weighted by molar-refractivity contribution is -0.140. The number of rotatable bonds is 12. The highest BCUT2D eigenvalue weighted by Crippen LogP contribution is 2.36. The fraction of sp³-hybridized carbons (Fsp3) is 0.500. The molecule has 0 bridgehead atoms. The van der Waals surface area contributed by atoms with E-state index in [2.05, 4.69) is 5.32 Å². The number of nitrogens with one attached hydrogen (secondary N) is 1. The first kappa shape index (κ1) is 28.5. The van der Waals surface area contributed by atoms with Crippen LogP contribution in [0.15, 0.2) is 42.5 Å². The summed E-state index contributed by atoms with van der Waals surface area (Å²) in [6, 6.07) is 11.3. The molecule has 0 aromatic heterocycles. The summed E-state index contributed by atoms with van der Waals surface area (Å²) in [6.07, 6.45) is 4.35. The Morgan fingerprint density at radius 3 is 2.38 bits per heavy atom. The average Bonchev–Trinajstić information content (AvgIpc) is 3.63. The van der Waals surface area contributed by atoms with Crippen molar-refractivity contribution >= 4 is 27.5 Å². The molecule has 1 saturated carbocycles. The van der Waals surface area contributed by atoms with Gasteiger partial charge in [-0.25, -0.2) is 8.42 Å². The number of ether oxygens (including phenoxy) is 3. The number of carbonyl (C=O) groups is 2. The van der Waals surface area contributed by atoms with Crippen LogP contribution in [0.3, 0.4) is 0 Å². The normalized spacial score (nSPS) is 15.6. The van der Waals surface area contributed by atoms with E-state index in [1.54, 1.807) is 37.4 Å². The van der Waals surface area contributed by atoms with Crippen molar-refractivity contribution in [3.63, 3.8) is 0 Å². The minimum Gasteiger partial charge on any atom is -0.497 e. The molecule has 1 heterocycles. The number of nitrogens with zero attached hydrogens (tertiary/aromatic N) is 2. The monoisotopic (exact) mass is 559 g/mol. The van der Waals surface area contributed by atoms with E-state index in [0.29, 0.717) is 29.4 Å². The summed E-state index contributed by atoms with van der Waals surface area (Å²) >= 11 is 0. The van der Waals surface area contributed by atoms with Crippen LogP contribution in [0.25, 0.3) is 0 Å². The van der Waals surface area contributed by atoms with Gasteiger partial charge in [-0.2, -0.15) is 0 Å². The van der Waals surface area contributed by atoms with Crippen LogP contribution in [0, 0.1) is 0 Å². The Morgan fingerprint density at radius 2 is 1.74 bits per heavy atom. The minimum absolute atomic E-state index is 0.0438. The molecule has 0 saturated heterocycles. The van der Waals surface area contributed by atoms with Gasteiger partial charge in [-0.1, -0.05) is 31.9 Å². The Morgan fingerprint density at radius 1 is 1.05 bits per heavy atom. The predicted molar refractivity (Wildman–Crippen MR) is 147 cm³/mol. The highest BCUT2D eigenvalue weighted by atomic mass is 32.2. The van der Waals surface area contributed by atoms with E-state index in [0.717, 1.165) is 35.6 Å². The van der Waals surface area contributed by atoms with Gasteiger partial charge in [-0.3, -0.25) is 13.9 Å². The molecule has 2 aromatic carbocycles. The number of sulfonamides is 1. The van der Waals surface area contributed by atoms with E-state index < -0.39 is 28.5 Å². The van der Waals surface area contributed by atoms with E-state index in [1.165, 1.54) is 11.8 Å². The van der Waals surface area contributed by atoms with Crippen molar-refractivity contribution in [3.8, 4) is 17.2 Å². The molecule has 1 aliphatic heterocycles. The number of amides is 2. The third kappa shape index (κ3) is 6.76. The molecule has 0 radical (unpaired) electrons. The third-order valence-electron chi connectivity index (χ3n) is 7.22. The molecule has 11 heteroatoms. The summed E-state index contributed by atoms with van der Waals surface area (Å²) in [5.41, 5.74) is 1.09. The zero-order valence-electron chi connectivity index (χ0n) is 22.7. The zero-order valence-corrected chi connectivity index (χ0v) is 23.5. The van der Waals surface area contributed by atoms with Crippen molar-refractivity contribution < 1.29 is 32.2 Å². The van der Waals surface area contributed by atoms with Crippen LogP contribution in [0.4, 0.5) is 5.69 Å². The van der Waals surface area contributed by atoms with Gasteiger partial charge in [0.15, 0.2) is 11.5 Å². The molecule has 0 spiro atoms. The van der Waals surface area contributed by atoms with Gasteiger partial charge in [-0.05, 0) is 56.0 Å². The van der Waals surface area contributed by atoms with Crippen LogP contribution in [0.2, 0.25) is 0 Å². The van der Waals surface area contributed by atoms with Crippen LogP contribution < -0.4 is 23.8 Å². The zero-order chi connectivity index (χ0) is 28.0. The molecule has 1 fully saturated rings. The molecule has 2 aromatic rings. The number of methoxy groups -OCH3 is 1. The average molecular weight is 560 g/mol. The lowest BCUT2D eigenvalue weighted by Gasteiger charge is -2.33. The Hall–Kier alpha value is -3.47. The summed E-state index contributed by atoms with van der Waals surface area (Å²) in [6.45, 7) is 3.10.